The van der Waals surface area contributed by atoms with Crippen LogP contribution in [0.1, 0.15) is 116 Å². The first-order valence-electron chi connectivity index (χ1n) is 11.8. The Morgan fingerprint density at radius 1 is 0.406 bits per heavy atom. The molecular weight excluding hydrogens is 392 g/mol. The van der Waals surface area contributed by atoms with Gasteiger partial charge in [0, 0.05) is 0 Å². The number of aromatic hydroxyl groups is 2. The molecule has 0 spiro atoms. The van der Waals surface area contributed by atoms with Crippen molar-refractivity contribution < 1.29 is 10.2 Å². The molecule has 0 fully saturated rings. The Morgan fingerprint density at radius 2 is 0.562 bits per heavy atom. The highest BCUT2D eigenvalue weighted by Crippen LogP contribution is 2.40. The first-order chi connectivity index (χ1) is 14.1. The second-order valence-corrected chi connectivity index (χ2v) is 13.4. The van der Waals surface area contributed by atoms with Gasteiger partial charge in [0.2, 0.25) is 0 Å². The number of phenols is 2. The molecule has 0 saturated carbocycles. The molecule has 2 heteroatoms. The average molecular weight is 441 g/mol. The van der Waals surface area contributed by atoms with Crippen molar-refractivity contribution in [2.45, 2.75) is 119 Å². The highest BCUT2D eigenvalue weighted by molar-refractivity contribution is 5.50. The fraction of sp³-hybridized carbons (Fsp3) is 0.600. The van der Waals surface area contributed by atoms with Gasteiger partial charge in [-0.15, -0.1) is 0 Å². The Morgan fingerprint density at radius 3 is 0.688 bits per heavy atom. The van der Waals surface area contributed by atoms with Gasteiger partial charge < -0.3 is 10.2 Å². The summed E-state index contributed by atoms with van der Waals surface area (Å²) in [5, 5.41) is 20.8. The summed E-state index contributed by atoms with van der Waals surface area (Å²) >= 11 is 0. The predicted molar refractivity (Wildman–Crippen MR) is 140 cm³/mol. The molecule has 2 aromatic carbocycles. The van der Waals surface area contributed by atoms with Crippen LogP contribution in [-0.4, -0.2) is 10.2 Å². The van der Waals surface area contributed by atoms with E-state index in [9.17, 15) is 10.2 Å². The van der Waals surface area contributed by atoms with Crippen molar-refractivity contribution in [3.63, 3.8) is 0 Å². The normalized spacial score (nSPS) is 12.9. The smallest absolute Gasteiger partial charge is 0.123 e. The van der Waals surface area contributed by atoms with E-state index in [0.29, 0.717) is 11.5 Å². The minimum absolute atomic E-state index is 0.0178. The van der Waals surface area contributed by atoms with Crippen LogP contribution in [0, 0.1) is 13.8 Å². The van der Waals surface area contributed by atoms with Crippen LogP contribution in [0.15, 0.2) is 24.3 Å². The van der Waals surface area contributed by atoms with E-state index in [4.69, 9.17) is 0 Å². The van der Waals surface area contributed by atoms with Gasteiger partial charge in [0.05, 0.1) is 0 Å². The second kappa shape index (κ2) is 9.12. The molecule has 0 amide bonds. The SMILES string of the molecule is Cc1cc(C(C)(C)C)c(O)c(C(C)(C)C)c1.Cc1cc(C(C)(C)C)c(O)c(C(C)(C)C)c1. The molecule has 0 aromatic heterocycles. The maximum atomic E-state index is 10.4. The Balaban J connectivity index is 0.000000320. The standard InChI is InChI=1S/2C15H24O/c2*1-10-8-11(14(2,3)4)13(16)12(9-10)15(5,6)7/h2*8-9,16H,1-7H3. The third kappa shape index (κ3) is 7.02. The van der Waals surface area contributed by atoms with E-state index in [0.717, 1.165) is 22.3 Å². The number of phenolic OH excluding ortho intramolecular Hbond substituents is 2. The molecule has 0 aliphatic carbocycles. The molecule has 0 heterocycles. The molecule has 180 valence electrons. The lowest BCUT2D eigenvalue weighted by atomic mass is 9.78. The molecule has 0 bridgehead atoms. The van der Waals surface area contributed by atoms with Gasteiger partial charge >= 0.3 is 0 Å². The van der Waals surface area contributed by atoms with E-state index in [2.05, 4.69) is 121 Å². The molecule has 0 aliphatic rings. The summed E-state index contributed by atoms with van der Waals surface area (Å²) in [6.45, 7) is 29.8. The lowest BCUT2D eigenvalue weighted by Gasteiger charge is -2.27. The molecule has 2 N–H and O–H groups in total. The van der Waals surface area contributed by atoms with Gasteiger partial charge in [0.1, 0.15) is 11.5 Å². The van der Waals surface area contributed by atoms with E-state index in [1.807, 2.05) is 0 Å². The first-order valence-corrected chi connectivity index (χ1v) is 11.8. The van der Waals surface area contributed by atoms with Crippen LogP contribution in [0.25, 0.3) is 0 Å². The summed E-state index contributed by atoms with van der Waals surface area (Å²) in [6.07, 6.45) is 0. The number of hydrogen-bond acceptors (Lipinski definition) is 2. The van der Waals surface area contributed by atoms with Gasteiger partial charge in [0.15, 0.2) is 0 Å². The van der Waals surface area contributed by atoms with Gasteiger partial charge in [-0.3, -0.25) is 0 Å². The van der Waals surface area contributed by atoms with Crippen LogP contribution in [0.2, 0.25) is 0 Å². The van der Waals surface area contributed by atoms with Gasteiger partial charge in [-0.25, -0.2) is 0 Å². The summed E-state index contributed by atoms with van der Waals surface area (Å²) in [5.74, 6) is 0.927. The Hall–Kier alpha value is -1.96. The molecule has 0 saturated heterocycles. The summed E-state index contributed by atoms with van der Waals surface area (Å²) in [4.78, 5) is 0. The highest BCUT2D eigenvalue weighted by atomic mass is 16.3. The van der Waals surface area contributed by atoms with E-state index < -0.39 is 0 Å². The monoisotopic (exact) mass is 440 g/mol. The van der Waals surface area contributed by atoms with Crippen LogP contribution in [0.4, 0.5) is 0 Å². The average Bonchev–Trinajstić information content (AvgIpc) is 2.55. The van der Waals surface area contributed by atoms with E-state index in [1.165, 1.54) is 11.1 Å². The van der Waals surface area contributed by atoms with Crippen LogP contribution in [0.3, 0.4) is 0 Å². The summed E-state index contributed by atoms with van der Waals surface area (Å²) in [7, 11) is 0. The zero-order chi connectivity index (χ0) is 25.4. The van der Waals surface area contributed by atoms with Crippen molar-refractivity contribution in [3.05, 3.63) is 57.6 Å². The van der Waals surface area contributed by atoms with Crippen molar-refractivity contribution in [1.29, 1.82) is 0 Å². The lowest BCUT2D eigenvalue weighted by molar-refractivity contribution is 0.422. The topological polar surface area (TPSA) is 40.5 Å². The van der Waals surface area contributed by atoms with Crippen LogP contribution in [0.5, 0.6) is 11.5 Å². The Labute approximate surface area is 198 Å². The summed E-state index contributed by atoms with van der Waals surface area (Å²) in [5.41, 5.74) is 6.52. The van der Waals surface area contributed by atoms with E-state index in [1.54, 1.807) is 0 Å². The molecule has 0 aliphatic heterocycles. The van der Waals surface area contributed by atoms with Crippen molar-refractivity contribution in [2.75, 3.05) is 0 Å². The van der Waals surface area contributed by atoms with Gasteiger partial charge in [-0.05, 0) is 57.8 Å². The van der Waals surface area contributed by atoms with E-state index >= 15 is 0 Å². The molecule has 0 radical (unpaired) electrons. The number of benzene rings is 2. The minimum atomic E-state index is -0.0178. The van der Waals surface area contributed by atoms with Crippen LogP contribution >= 0.6 is 0 Å². The lowest BCUT2D eigenvalue weighted by Crippen LogP contribution is -2.17. The number of aryl methyl sites for hydroxylation is 2. The maximum absolute atomic E-state index is 10.4. The maximum Gasteiger partial charge on any atom is 0.123 e. The molecule has 0 atom stereocenters. The minimum Gasteiger partial charge on any atom is -0.507 e. The Bertz CT molecular complexity index is 787. The number of hydrogen-bond donors (Lipinski definition) is 2. The van der Waals surface area contributed by atoms with Crippen LogP contribution in [-0.2, 0) is 21.7 Å². The van der Waals surface area contributed by atoms with Crippen molar-refractivity contribution in [1.82, 2.24) is 0 Å². The van der Waals surface area contributed by atoms with Gasteiger partial charge in [-0.1, -0.05) is 118 Å². The molecule has 32 heavy (non-hydrogen) atoms. The van der Waals surface area contributed by atoms with Gasteiger partial charge in [-0.2, -0.15) is 0 Å². The number of rotatable bonds is 0. The molecular formula is C30H48O2. The fourth-order valence-electron chi connectivity index (χ4n) is 3.84. The zero-order valence-corrected chi connectivity index (χ0v) is 23.2. The first kappa shape index (κ1) is 28.1. The van der Waals surface area contributed by atoms with Gasteiger partial charge in [0.25, 0.3) is 0 Å². The van der Waals surface area contributed by atoms with Crippen molar-refractivity contribution >= 4 is 0 Å². The van der Waals surface area contributed by atoms with Crippen LogP contribution < -0.4 is 0 Å². The Kier molecular flexibility index (Phi) is 8.00. The molecule has 2 nitrogen and oxygen atoms in total. The fourth-order valence-corrected chi connectivity index (χ4v) is 3.84. The zero-order valence-electron chi connectivity index (χ0n) is 23.2. The molecule has 0 unspecified atom stereocenters. The third-order valence-corrected chi connectivity index (χ3v) is 5.74. The highest BCUT2D eigenvalue weighted by Gasteiger charge is 2.26. The van der Waals surface area contributed by atoms with Crippen molar-refractivity contribution in [2.24, 2.45) is 0 Å². The summed E-state index contributed by atoms with van der Waals surface area (Å²) < 4.78 is 0. The predicted octanol–water partition coefficient (Wildman–Crippen LogP) is 8.59. The largest absolute Gasteiger partial charge is 0.507 e. The van der Waals surface area contributed by atoms with Crippen molar-refractivity contribution in [3.8, 4) is 11.5 Å². The third-order valence-electron chi connectivity index (χ3n) is 5.74. The summed E-state index contributed by atoms with van der Waals surface area (Å²) in [6, 6.07) is 8.35. The quantitative estimate of drug-likeness (QED) is 0.430. The molecule has 2 aromatic rings. The second-order valence-electron chi connectivity index (χ2n) is 13.4. The molecule has 2 rings (SSSR count). The van der Waals surface area contributed by atoms with E-state index in [-0.39, 0.29) is 21.7 Å².